The van der Waals surface area contributed by atoms with Crippen LogP contribution in [0.1, 0.15) is 19.4 Å². The van der Waals surface area contributed by atoms with Crippen LogP contribution in [0.2, 0.25) is 0 Å². The van der Waals surface area contributed by atoms with Crippen molar-refractivity contribution in [2.24, 2.45) is 5.73 Å². The van der Waals surface area contributed by atoms with Gasteiger partial charge in [-0.15, -0.1) is 0 Å². The van der Waals surface area contributed by atoms with Crippen molar-refractivity contribution in [3.63, 3.8) is 0 Å². The molecule has 0 aliphatic heterocycles. The van der Waals surface area contributed by atoms with Crippen LogP contribution in [0, 0.1) is 5.82 Å². The minimum absolute atomic E-state index is 0.268. The largest absolute Gasteiger partial charge is 0.379 e. The molecule has 1 atom stereocenters. The summed E-state index contributed by atoms with van der Waals surface area (Å²) in [5.41, 5.74) is 6.13. The van der Waals surface area contributed by atoms with Crippen LogP contribution in [0.4, 0.5) is 4.39 Å². The third kappa shape index (κ3) is 2.79. The lowest BCUT2D eigenvalue weighted by molar-refractivity contribution is 0.101. The summed E-state index contributed by atoms with van der Waals surface area (Å²) in [6.45, 7) is 4.74. The van der Waals surface area contributed by atoms with E-state index in [1.54, 1.807) is 6.07 Å². The Kier molecular flexibility index (Phi) is 3.61. The van der Waals surface area contributed by atoms with Gasteiger partial charge in [0.2, 0.25) is 0 Å². The first-order chi connectivity index (χ1) is 6.56. The average molecular weight is 197 g/mol. The predicted molar refractivity (Wildman–Crippen MR) is 54.4 cm³/mol. The third-order valence-electron chi connectivity index (χ3n) is 2.09. The van der Waals surface area contributed by atoms with Crippen molar-refractivity contribution in [2.45, 2.75) is 19.4 Å². The van der Waals surface area contributed by atoms with Crippen molar-refractivity contribution in [2.75, 3.05) is 13.2 Å². The SMILES string of the molecule is CCOCC(C)(N)c1cccc(F)c1. The summed E-state index contributed by atoms with van der Waals surface area (Å²) in [6.07, 6.45) is 0. The van der Waals surface area contributed by atoms with E-state index in [-0.39, 0.29) is 5.82 Å². The summed E-state index contributed by atoms with van der Waals surface area (Å²) in [7, 11) is 0. The molecule has 0 amide bonds. The molecule has 1 aromatic carbocycles. The van der Waals surface area contributed by atoms with Gasteiger partial charge in [-0.25, -0.2) is 4.39 Å². The first-order valence-corrected chi connectivity index (χ1v) is 4.69. The molecule has 1 unspecified atom stereocenters. The van der Waals surface area contributed by atoms with Gasteiger partial charge < -0.3 is 10.5 Å². The molecule has 0 bridgehead atoms. The minimum Gasteiger partial charge on any atom is -0.379 e. The van der Waals surface area contributed by atoms with Gasteiger partial charge >= 0.3 is 0 Å². The summed E-state index contributed by atoms with van der Waals surface area (Å²) in [4.78, 5) is 0. The Bertz CT molecular complexity index is 299. The molecule has 0 radical (unpaired) electrons. The van der Waals surface area contributed by atoms with Crippen LogP contribution in [-0.2, 0) is 10.3 Å². The van der Waals surface area contributed by atoms with Crippen molar-refractivity contribution in [3.8, 4) is 0 Å². The Morgan fingerprint density at radius 1 is 1.50 bits per heavy atom. The van der Waals surface area contributed by atoms with E-state index < -0.39 is 5.54 Å². The van der Waals surface area contributed by atoms with E-state index in [9.17, 15) is 4.39 Å². The molecule has 1 aromatic rings. The first-order valence-electron chi connectivity index (χ1n) is 4.69. The molecule has 14 heavy (non-hydrogen) atoms. The van der Waals surface area contributed by atoms with E-state index in [0.717, 1.165) is 5.56 Å². The quantitative estimate of drug-likeness (QED) is 0.801. The molecule has 0 saturated carbocycles. The van der Waals surface area contributed by atoms with Gasteiger partial charge in [0.1, 0.15) is 5.82 Å². The number of rotatable bonds is 4. The number of nitrogens with two attached hydrogens (primary N) is 1. The first kappa shape index (κ1) is 11.1. The highest BCUT2D eigenvalue weighted by Gasteiger charge is 2.21. The van der Waals surface area contributed by atoms with Crippen LogP contribution in [0.3, 0.4) is 0 Å². The predicted octanol–water partition coefficient (Wildman–Crippen LogP) is 2.04. The number of ether oxygens (including phenoxy) is 1. The molecule has 2 nitrogen and oxygen atoms in total. The van der Waals surface area contributed by atoms with E-state index in [1.807, 2.05) is 19.9 Å². The zero-order chi connectivity index (χ0) is 10.6. The Balaban J connectivity index is 2.80. The van der Waals surface area contributed by atoms with Crippen LogP contribution < -0.4 is 5.73 Å². The van der Waals surface area contributed by atoms with Crippen molar-refractivity contribution < 1.29 is 9.13 Å². The smallest absolute Gasteiger partial charge is 0.123 e. The fraction of sp³-hybridized carbons (Fsp3) is 0.455. The molecule has 0 aromatic heterocycles. The zero-order valence-electron chi connectivity index (χ0n) is 8.59. The summed E-state index contributed by atoms with van der Waals surface area (Å²) >= 11 is 0. The standard InChI is InChI=1S/C11H16FNO/c1-3-14-8-11(2,13)9-5-4-6-10(12)7-9/h4-7H,3,8,13H2,1-2H3. The lowest BCUT2D eigenvalue weighted by Crippen LogP contribution is -2.38. The van der Waals surface area contributed by atoms with Gasteiger partial charge in [-0.05, 0) is 31.5 Å². The van der Waals surface area contributed by atoms with Crippen molar-refractivity contribution in [1.29, 1.82) is 0 Å². The Morgan fingerprint density at radius 3 is 2.79 bits per heavy atom. The van der Waals surface area contributed by atoms with Crippen LogP contribution in [-0.4, -0.2) is 13.2 Å². The van der Waals surface area contributed by atoms with E-state index in [2.05, 4.69) is 0 Å². The Labute approximate surface area is 83.9 Å². The van der Waals surface area contributed by atoms with Crippen molar-refractivity contribution in [3.05, 3.63) is 35.6 Å². The van der Waals surface area contributed by atoms with Crippen molar-refractivity contribution in [1.82, 2.24) is 0 Å². The molecule has 1 rings (SSSR count). The second-order valence-electron chi connectivity index (χ2n) is 3.56. The van der Waals surface area contributed by atoms with Gasteiger partial charge in [-0.3, -0.25) is 0 Å². The van der Waals surface area contributed by atoms with Gasteiger partial charge in [0.25, 0.3) is 0 Å². The molecule has 0 aliphatic rings. The zero-order valence-corrected chi connectivity index (χ0v) is 8.59. The molecule has 0 fully saturated rings. The monoisotopic (exact) mass is 197 g/mol. The highest BCUT2D eigenvalue weighted by molar-refractivity contribution is 5.24. The molecule has 0 aliphatic carbocycles. The maximum absolute atomic E-state index is 12.9. The molecule has 0 heterocycles. The summed E-state index contributed by atoms with van der Waals surface area (Å²) in [6, 6.07) is 6.31. The van der Waals surface area contributed by atoms with Crippen molar-refractivity contribution >= 4 is 0 Å². The highest BCUT2D eigenvalue weighted by atomic mass is 19.1. The summed E-state index contributed by atoms with van der Waals surface area (Å²) in [5, 5.41) is 0. The van der Waals surface area contributed by atoms with Gasteiger partial charge in [0.05, 0.1) is 12.1 Å². The highest BCUT2D eigenvalue weighted by Crippen LogP contribution is 2.18. The van der Waals surface area contributed by atoms with Crippen LogP contribution in [0.15, 0.2) is 24.3 Å². The van der Waals surface area contributed by atoms with Crippen LogP contribution >= 0.6 is 0 Å². The summed E-state index contributed by atoms with van der Waals surface area (Å²) in [5.74, 6) is -0.268. The van der Waals surface area contributed by atoms with E-state index in [4.69, 9.17) is 10.5 Å². The Morgan fingerprint density at radius 2 is 2.21 bits per heavy atom. The number of hydrogen-bond donors (Lipinski definition) is 1. The van der Waals surface area contributed by atoms with Gasteiger partial charge in [-0.2, -0.15) is 0 Å². The van der Waals surface area contributed by atoms with Gasteiger partial charge in [-0.1, -0.05) is 12.1 Å². The fourth-order valence-electron chi connectivity index (χ4n) is 1.24. The maximum atomic E-state index is 12.9. The molecular formula is C11H16FNO. The second kappa shape index (κ2) is 4.53. The van der Waals surface area contributed by atoms with Gasteiger partial charge in [0.15, 0.2) is 0 Å². The van der Waals surface area contributed by atoms with Crippen LogP contribution in [0.5, 0.6) is 0 Å². The third-order valence-corrected chi connectivity index (χ3v) is 2.09. The topological polar surface area (TPSA) is 35.2 Å². The fourth-order valence-corrected chi connectivity index (χ4v) is 1.24. The minimum atomic E-state index is -0.627. The molecule has 78 valence electrons. The number of hydrogen-bond acceptors (Lipinski definition) is 2. The number of halogens is 1. The number of benzene rings is 1. The molecule has 0 spiro atoms. The molecule has 3 heteroatoms. The second-order valence-corrected chi connectivity index (χ2v) is 3.56. The van der Waals surface area contributed by atoms with E-state index >= 15 is 0 Å². The lowest BCUT2D eigenvalue weighted by Gasteiger charge is -2.24. The van der Waals surface area contributed by atoms with E-state index in [1.165, 1.54) is 12.1 Å². The maximum Gasteiger partial charge on any atom is 0.123 e. The Hall–Kier alpha value is -0.930. The normalized spacial score (nSPS) is 15.1. The average Bonchev–Trinajstić information content (AvgIpc) is 2.15. The molecule has 2 N–H and O–H groups in total. The molecular weight excluding hydrogens is 181 g/mol. The van der Waals surface area contributed by atoms with Crippen LogP contribution in [0.25, 0.3) is 0 Å². The molecule has 0 saturated heterocycles. The lowest BCUT2D eigenvalue weighted by atomic mass is 9.94. The van der Waals surface area contributed by atoms with Gasteiger partial charge in [0, 0.05) is 6.61 Å². The summed E-state index contributed by atoms with van der Waals surface area (Å²) < 4.78 is 18.2. The van der Waals surface area contributed by atoms with E-state index in [0.29, 0.717) is 13.2 Å².